The maximum absolute atomic E-state index is 13.8. The molecule has 2 aromatic carbocycles. The molecule has 1 aromatic heterocycles. The van der Waals surface area contributed by atoms with Crippen molar-refractivity contribution in [3.63, 3.8) is 0 Å². The highest BCUT2D eigenvalue weighted by Crippen LogP contribution is 2.30. The van der Waals surface area contributed by atoms with Gasteiger partial charge in [-0.2, -0.15) is 0 Å². The molecule has 0 saturated heterocycles. The molecule has 0 aliphatic heterocycles. The Kier molecular flexibility index (Phi) is 4.38. The van der Waals surface area contributed by atoms with Crippen LogP contribution in [0, 0.1) is 5.82 Å². The summed E-state index contributed by atoms with van der Waals surface area (Å²) in [6.45, 7) is 0. The molecule has 5 heteroatoms. The summed E-state index contributed by atoms with van der Waals surface area (Å²) >= 11 is 11.1. The maximum Gasteiger partial charge on any atom is 0.128 e. The topological polar surface area (TPSA) is 12.9 Å². The van der Waals surface area contributed by atoms with Crippen LogP contribution >= 0.6 is 38.9 Å². The van der Waals surface area contributed by atoms with E-state index >= 15 is 0 Å². The first-order valence-corrected chi connectivity index (χ1v) is 8.32. The van der Waals surface area contributed by atoms with Crippen LogP contribution in [0.4, 0.5) is 4.39 Å². The second-order valence-electron chi connectivity index (χ2n) is 4.48. The van der Waals surface area contributed by atoms with Gasteiger partial charge in [-0.15, -0.1) is 11.3 Å². The summed E-state index contributed by atoms with van der Waals surface area (Å²) in [5, 5.41) is 3.25. The first kappa shape index (κ1) is 14.7. The lowest BCUT2D eigenvalue weighted by Crippen LogP contribution is -1.93. The SMILES string of the molecule is Fc1cccc(Cl)c1Cc1nc(-c2ccccc2Br)cs1. The molecule has 0 aliphatic carbocycles. The Balaban J connectivity index is 1.91. The number of hydrogen-bond donors (Lipinski definition) is 0. The third-order valence-electron chi connectivity index (χ3n) is 3.09. The molecule has 0 amide bonds. The van der Waals surface area contributed by atoms with E-state index in [1.807, 2.05) is 29.6 Å². The number of hydrogen-bond acceptors (Lipinski definition) is 2. The Morgan fingerprint density at radius 2 is 1.95 bits per heavy atom. The molecule has 0 bridgehead atoms. The van der Waals surface area contributed by atoms with Crippen LogP contribution in [-0.4, -0.2) is 4.98 Å². The van der Waals surface area contributed by atoms with Gasteiger partial charge in [-0.1, -0.05) is 51.8 Å². The lowest BCUT2D eigenvalue weighted by Gasteiger charge is -2.03. The lowest BCUT2D eigenvalue weighted by molar-refractivity contribution is 0.614. The zero-order valence-corrected chi connectivity index (χ0v) is 14.0. The molecule has 1 nitrogen and oxygen atoms in total. The van der Waals surface area contributed by atoms with E-state index < -0.39 is 0 Å². The number of rotatable bonds is 3. The summed E-state index contributed by atoms with van der Waals surface area (Å²) in [6, 6.07) is 12.6. The molecular formula is C16H10BrClFNS. The Labute approximate surface area is 139 Å². The highest BCUT2D eigenvalue weighted by molar-refractivity contribution is 9.10. The van der Waals surface area contributed by atoms with E-state index in [-0.39, 0.29) is 5.82 Å². The Bertz CT molecular complexity index is 767. The van der Waals surface area contributed by atoms with Gasteiger partial charge in [-0.3, -0.25) is 0 Å². The van der Waals surface area contributed by atoms with Gasteiger partial charge in [0.05, 0.1) is 10.7 Å². The fourth-order valence-electron chi connectivity index (χ4n) is 2.04. The summed E-state index contributed by atoms with van der Waals surface area (Å²) in [5.74, 6) is -0.292. The van der Waals surface area contributed by atoms with E-state index in [2.05, 4.69) is 20.9 Å². The van der Waals surface area contributed by atoms with Gasteiger partial charge in [0.1, 0.15) is 5.82 Å². The van der Waals surface area contributed by atoms with Crippen molar-refractivity contribution in [3.05, 3.63) is 73.7 Å². The normalized spacial score (nSPS) is 10.8. The van der Waals surface area contributed by atoms with E-state index in [9.17, 15) is 4.39 Å². The molecule has 1 heterocycles. The average Bonchev–Trinajstić information content (AvgIpc) is 2.92. The fourth-order valence-corrected chi connectivity index (χ4v) is 3.56. The first-order chi connectivity index (χ1) is 10.1. The van der Waals surface area contributed by atoms with E-state index in [1.165, 1.54) is 17.4 Å². The van der Waals surface area contributed by atoms with Gasteiger partial charge in [0.2, 0.25) is 0 Å². The summed E-state index contributed by atoms with van der Waals surface area (Å²) in [6.07, 6.45) is 0.403. The summed E-state index contributed by atoms with van der Waals surface area (Å²) in [4.78, 5) is 4.58. The average molecular weight is 383 g/mol. The Morgan fingerprint density at radius 3 is 2.71 bits per heavy atom. The number of halogens is 3. The number of aromatic nitrogens is 1. The van der Waals surface area contributed by atoms with E-state index in [0.717, 1.165) is 20.7 Å². The van der Waals surface area contributed by atoms with Crippen LogP contribution in [0.2, 0.25) is 5.02 Å². The van der Waals surface area contributed by atoms with Crippen molar-refractivity contribution < 1.29 is 4.39 Å². The lowest BCUT2D eigenvalue weighted by atomic mass is 10.1. The molecule has 0 fully saturated rings. The molecule has 21 heavy (non-hydrogen) atoms. The third kappa shape index (κ3) is 3.18. The molecule has 0 N–H and O–H groups in total. The minimum Gasteiger partial charge on any atom is -0.241 e. The number of benzene rings is 2. The molecule has 0 spiro atoms. The largest absolute Gasteiger partial charge is 0.241 e. The van der Waals surface area contributed by atoms with Gasteiger partial charge in [0.25, 0.3) is 0 Å². The molecule has 0 saturated carbocycles. The highest BCUT2D eigenvalue weighted by atomic mass is 79.9. The second-order valence-corrected chi connectivity index (χ2v) is 6.69. The molecular weight excluding hydrogens is 373 g/mol. The minimum atomic E-state index is -0.292. The van der Waals surface area contributed by atoms with E-state index in [1.54, 1.807) is 12.1 Å². The maximum atomic E-state index is 13.8. The molecule has 0 radical (unpaired) electrons. The van der Waals surface area contributed by atoms with Crippen LogP contribution < -0.4 is 0 Å². The van der Waals surface area contributed by atoms with Gasteiger partial charge in [0.15, 0.2) is 0 Å². The molecule has 0 aliphatic rings. The van der Waals surface area contributed by atoms with Crippen molar-refractivity contribution in [1.82, 2.24) is 4.98 Å². The van der Waals surface area contributed by atoms with Crippen LogP contribution in [-0.2, 0) is 6.42 Å². The van der Waals surface area contributed by atoms with Crippen LogP contribution in [0.25, 0.3) is 11.3 Å². The highest BCUT2D eigenvalue weighted by Gasteiger charge is 2.12. The standard InChI is InChI=1S/C16H10BrClFNS/c17-12-5-2-1-4-10(12)15-9-21-16(20-15)8-11-13(18)6-3-7-14(11)19/h1-7,9H,8H2. The van der Waals surface area contributed by atoms with Crippen LogP contribution in [0.15, 0.2) is 52.3 Å². The summed E-state index contributed by atoms with van der Waals surface area (Å²) < 4.78 is 14.8. The quantitative estimate of drug-likeness (QED) is 0.545. The van der Waals surface area contributed by atoms with Crippen molar-refractivity contribution in [1.29, 1.82) is 0 Å². The zero-order valence-electron chi connectivity index (χ0n) is 10.8. The van der Waals surface area contributed by atoms with Gasteiger partial charge < -0.3 is 0 Å². The third-order valence-corrected chi connectivity index (χ3v) is 4.99. The fraction of sp³-hybridized carbons (Fsp3) is 0.0625. The first-order valence-electron chi connectivity index (χ1n) is 6.27. The van der Waals surface area contributed by atoms with Gasteiger partial charge in [0, 0.05) is 32.4 Å². The monoisotopic (exact) mass is 381 g/mol. The molecule has 3 aromatic rings. The van der Waals surface area contributed by atoms with E-state index in [4.69, 9.17) is 11.6 Å². The minimum absolute atomic E-state index is 0.292. The van der Waals surface area contributed by atoms with Gasteiger partial charge in [-0.05, 0) is 18.2 Å². The van der Waals surface area contributed by atoms with Crippen molar-refractivity contribution in [2.75, 3.05) is 0 Å². The van der Waals surface area contributed by atoms with Crippen molar-refractivity contribution >= 4 is 38.9 Å². The zero-order chi connectivity index (χ0) is 14.8. The molecule has 0 unspecified atom stereocenters. The molecule has 3 rings (SSSR count). The van der Waals surface area contributed by atoms with Crippen LogP contribution in [0.1, 0.15) is 10.6 Å². The van der Waals surface area contributed by atoms with Gasteiger partial charge in [-0.25, -0.2) is 9.37 Å². The summed E-state index contributed by atoms with van der Waals surface area (Å²) in [7, 11) is 0. The smallest absolute Gasteiger partial charge is 0.128 e. The molecule has 0 atom stereocenters. The predicted octanol–water partition coefficient (Wildman–Crippen LogP) is 5.96. The van der Waals surface area contributed by atoms with E-state index in [0.29, 0.717) is 17.0 Å². The molecule has 106 valence electrons. The summed E-state index contributed by atoms with van der Waals surface area (Å²) in [5.41, 5.74) is 2.40. The second kappa shape index (κ2) is 6.26. The number of thiazole rings is 1. The number of nitrogens with zero attached hydrogens (tertiary/aromatic N) is 1. The Hall–Kier alpha value is -1.23. The van der Waals surface area contributed by atoms with Gasteiger partial charge >= 0.3 is 0 Å². The predicted molar refractivity (Wildman–Crippen MR) is 89.5 cm³/mol. The van der Waals surface area contributed by atoms with Crippen LogP contribution in [0.5, 0.6) is 0 Å². The van der Waals surface area contributed by atoms with Crippen molar-refractivity contribution in [3.8, 4) is 11.3 Å². The van der Waals surface area contributed by atoms with Crippen LogP contribution in [0.3, 0.4) is 0 Å². The Morgan fingerprint density at radius 1 is 1.14 bits per heavy atom. The van der Waals surface area contributed by atoms with Crippen molar-refractivity contribution in [2.45, 2.75) is 6.42 Å². The van der Waals surface area contributed by atoms with Crippen molar-refractivity contribution in [2.24, 2.45) is 0 Å².